The van der Waals surface area contributed by atoms with Crippen LogP contribution in [0, 0.1) is 0 Å². The molecule has 3 rings (SSSR count). The Hall–Kier alpha value is -2.18. The van der Waals surface area contributed by atoms with Gasteiger partial charge in [-0.25, -0.2) is 4.79 Å². The zero-order valence-electron chi connectivity index (χ0n) is 8.91. The molecule has 0 atom stereocenters. The van der Waals surface area contributed by atoms with Gasteiger partial charge in [-0.05, 0) is 12.8 Å². The Balaban J connectivity index is 1.73. The quantitative estimate of drug-likeness (QED) is 0.844. The van der Waals surface area contributed by atoms with Gasteiger partial charge in [0.1, 0.15) is 6.54 Å². The van der Waals surface area contributed by atoms with Gasteiger partial charge in [0.25, 0.3) is 0 Å². The highest BCUT2D eigenvalue weighted by atomic mass is 16.5. The van der Waals surface area contributed by atoms with Crippen LogP contribution in [0.5, 0.6) is 0 Å². The number of carboxylic acid groups (broad SMARTS) is 1. The fourth-order valence-electron chi connectivity index (χ4n) is 1.53. The summed E-state index contributed by atoms with van der Waals surface area (Å²) in [6.07, 6.45) is 4.94. The van der Waals surface area contributed by atoms with E-state index in [9.17, 15) is 4.79 Å². The molecule has 2 aromatic heterocycles. The first kappa shape index (κ1) is 10.0. The number of aromatic carboxylic acids is 1. The molecule has 0 unspecified atom stereocenters. The van der Waals surface area contributed by atoms with Gasteiger partial charge in [-0.3, -0.25) is 4.68 Å². The minimum absolute atomic E-state index is 0.149. The average Bonchev–Trinajstić information content (AvgIpc) is 2.87. The smallest absolute Gasteiger partial charge is 0.338 e. The third kappa shape index (κ3) is 2.03. The molecule has 0 spiro atoms. The molecule has 2 aromatic rings. The van der Waals surface area contributed by atoms with Crippen molar-refractivity contribution in [1.29, 1.82) is 0 Å². The number of rotatable bonds is 4. The van der Waals surface area contributed by atoms with Crippen molar-refractivity contribution in [3.8, 4) is 0 Å². The van der Waals surface area contributed by atoms with E-state index in [-0.39, 0.29) is 5.56 Å². The molecule has 0 aliphatic heterocycles. The van der Waals surface area contributed by atoms with Gasteiger partial charge in [0.15, 0.2) is 5.82 Å². The van der Waals surface area contributed by atoms with Crippen molar-refractivity contribution in [2.75, 3.05) is 0 Å². The molecule has 2 heterocycles. The molecule has 0 aromatic carbocycles. The highest BCUT2D eigenvalue weighted by Gasteiger charge is 2.29. The number of carbonyl (C=O) groups is 1. The standard InChI is InChI=1S/C10H10N4O3/c15-10(16)7-3-11-14(4-7)5-8-12-9(17-13-8)6-1-2-6/h3-4,6H,1-2,5H2,(H,15,16). The topological polar surface area (TPSA) is 94.0 Å². The van der Waals surface area contributed by atoms with Gasteiger partial charge in [-0.2, -0.15) is 10.1 Å². The maximum absolute atomic E-state index is 10.7. The van der Waals surface area contributed by atoms with Crippen molar-refractivity contribution in [2.24, 2.45) is 0 Å². The molecule has 17 heavy (non-hydrogen) atoms. The van der Waals surface area contributed by atoms with E-state index >= 15 is 0 Å². The second-order valence-electron chi connectivity index (χ2n) is 4.05. The van der Waals surface area contributed by atoms with Crippen LogP contribution < -0.4 is 0 Å². The third-order valence-corrected chi connectivity index (χ3v) is 2.59. The van der Waals surface area contributed by atoms with Crippen molar-refractivity contribution in [1.82, 2.24) is 19.9 Å². The summed E-state index contributed by atoms with van der Waals surface area (Å²) in [5, 5.41) is 16.5. The number of hydrogen-bond acceptors (Lipinski definition) is 5. The molecule has 1 saturated carbocycles. The lowest BCUT2D eigenvalue weighted by molar-refractivity contribution is 0.0697. The molecule has 1 aliphatic rings. The molecule has 1 N–H and O–H groups in total. The van der Waals surface area contributed by atoms with E-state index in [1.165, 1.54) is 17.1 Å². The van der Waals surface area contributed by atoms with Crippen LogP contribution in [-0.4, -0.2) is 31.0 Å². The van der Waals surface area contributed by atoms with E-state index in [1.54, 1.807) is 0 Å². The molecule has 88 valence electrons. The first-order valence-corrected chi connectivity index (χ1v) is 5.30. The van der Waals surface area contributed by atoms with Crippen LogP contribution in [0.25, 0.3) is 0 Å². The second kappa shape index (κ2) is 3.69. The van der Waals surface area contributed by atoms with Crippen molar-refractivity contribution in [2.45, 2.75) is 25.3 Å². The summed E-state index contributed by atoms with van der Waals surface area (Å²) in [5.74, 6) is 0.615. The van der Waals surface area contributed by atoms with Gasteiger partial charge >= 0.3 is 5.97 Å². The molecule has 1 fully saturated rings. The largest absolute Gasteiger partial charge is 0.478 e. The third-order valence-electron chi connectivity index (χ3n) is 2.59. The van der Waals surface area contributed by atoms with Gasteiger partial charge in [-0.15, -0.1) is 0 Å². The Labute approximate surface area is 96.1 Å². The van der Waals surface area contributed by atoms with E-state index in [2.05, 4.69) is 15.2 Å². The lowest BCUT2D eigenvalue weighted by atomic mass is 10.4. The van der Waals surface area contributed by atoms with Crippen molar-refractivity contribution < 1.29 is 14.4 Å². The normalized spacial score (nSPS) is 15.1. The highest BCUT2D eigenvalue weighted by molar-refractivity contribution is 5.86. The number of hydrogen-bond donors (Lipinski definition) is 1. The summed E-state index contributed by atoms with van der Waals surface area (Å²) in [6.45, 7) is 0.323. The molecule has 7 heteroatoms. The Kier molecular flexibility index (Phi) is 2.17. The molecule has 0 saturated heterocycles. The van der Waals surface area contributed by atoms with Crippen LogP contribution in [0.15, 0.2) is 16.9 Å². The fourth-order valence-corrected chi connectivity index (χ4v) is 1.53. The van der Waals surface area contributed by atoms with Crippen LogP contribution in [0.4, 0.5) is 0 Å². The van der Waals surface area contributed by atoms with Gasteiger partial charge in [0.05, 0.1) is 11.8 Å². The molecule has 1 aliphatic carbocycles. The molecule has 0 amide bonds. The summed E-state index contributed by atoms with van der Waals surface area (Å²) < 4.78 is 6.57. The Morgan fingerprint density at radius 3 is 3.06 bits per heavy atom. The van der Waals surface area contributed by atoms with E-state index in [0.717, 1.165) is 12.8 Å². The van der Waals surface area contributed by atoms with Crippen LogP contribution >= 0.6 is 0 Å². The van der Waals surface area contributed by atoms with Gasteiger partial charge in [0, 0.05) is 12.1 Å². The minimum Gasteiger partial charge on any atom is -0.478 e. The monoisotopic (exact) mass is 234 g/mol. The summed E-state index contributed by atoms with van der Waals surface area (Å²) in [5.41, 5.74) is 0.149. The first-order chi connectivity index (χ1) is 8.22. The van der Waals surface area contributed by atoms with Crippen LogP contribution in [-0.2, 0) is 6.54 Å². The van der Waals surface area contributed by atoms with Crippen LogP contribution in [0.3, 0.4) is 0 Å². The predicted octanol–water partition coefficient (Wildman–Crippen LogP) is 0.890. The van der Waals surface area contributed by atoms with Gasteiger partial charge in [0.2, 0.25) is 5.89 Å². The number of carboxylic acids is 1. The van der Waals surface area contributed by atoms with Gasteiger partial charge < -0.3 is 9.63 Å². The predicted molar refractivity (Wildman–Crippen MR) is 54.6 cm³/mol. The Morgan fingerprint density at radius 1 is 1.59 bits per heavy atom. The van der Waals surface area contributed by atoms with E-state index in [0.29, 0.717) is 24.2 Å². The first-order valence-electron chi connectivity index (χ1n) is 5.30. The zero-order valence-corrected chi connectivity index (χ0v) is 8.91. The second-order valence-corrected chi connectivity index (χ2v) is 4.05. The Morgan fingerprint density at radius 2 is 2.41 bits per heavy atom. The fraction of sp³-hybridized carbons (Fsp3) is 0.400. The molecular weight excluding hydrogens is 224 g/mol. The molecule has 0 bridgehead atoms. The summed E-state index contributed by atoms with van der Waals surface area (Å²) in [7, 11) is 0. The van der Waals surface area contributed by atoms with E-state index in [4.69, 9.17) is 9.63 Å². The van der Waals surface area contributed by atoms with Crippen molar-refractivity contribution in [3.63, 3.8) is 0 Å². The van der Waals surface area contributed by atoms with E-state index < -0.39 is 5.97 Å². The summed E-state index contributed by atoms with van der Waals surface area (Å²) in [4.78, 5) is 14.9. The molecule has 0 radical (unpaired) electrons. The minimum atomic E-state index is -0.997. The van der Waals surface area contributed by atoms with Crippen molar-refractivity contribution in [3.05, 3.63) is 29.7 Å². The zero-order chi connectivity index (χ0) is 11.8. The van der Waals surface area contributed by atoms with Crippen LogP contribution in [0.2, 0.25) is 0 Å². The molecule has 7 nitrogen and oxygen atoms in total. The average molecular weight is 234 g/mol. The lowest BCUT2D eigenvalue weighted by Gasteiger charge is -1.93. The maximum Gasteiger partial charge on any atom is 0.338 e. The van der Waals surface area contributed by atoms with Crippen LogP contribution in [0.1, 0.15) is 40.8 Å². The molecular formula is C10H10N4O3. The number of nitrogens with zero attached hydrogens (tertiary/aromatic N) is 4. The van der Waals surface area contributed by atoms with Crippen molar-refractivity contribution >= 4 is 5.97 Å². The Bertz CT molecular complexity index is 555. The maximum atomic E-state index is 10.7. The van der Waals surface area contributed by atoms with E-state index in [1.807, 2.05) is 0 Å². The number of aromatic nitrogens is 4. The SMILES string of the molecule is O=C(O)c1cnn(Cc2noc(C3CC3)n2)c1. The summed E-state index contributed by atoms with van der Waals surface area (Å²) in [6, 6.07) is 0. The van der Waals surface area contributed by atoms with Gasteiger partial charge in [-0.1, -0.05) is 5.16 Å². The lowest BCUT2D eigenvalue weighted by Crippen LogP contribution is -2.02. The summed E-state index contributed by atoms with van der Waals surface area (Å²) >= 11 is 0. The highest BCUT2D eigenvalue weighted by Crippen LogP contribution is 2.38.